The van der Waals surface area contributed by atoms with Crippen molar-refractivity contribution in [2.24, 2.45) is 0 Å². The fourth-order valence-electron chi connectivity index (χ4n) is 2.77. The molecule has 0 amide bonds. The highest BCUT2D eigenvalue weighted by Gasteiger charge is 2.16. The summed E-state index contributed by atoms with van der Waals surface area (Å²) in [7, 11) is 2.08. The highest BCUT2D eigenvalue weighted by molar-refractivity contribution is 6.32. The number of para-hydroxylation sites is 1. The molecule has 114 valence electrons. The second kappa shape index (κ2) is 6.16. The summed E-state index contributed by atoms with van der Waals surface area (Å²) < 4.78 is 2.11. The molecule has 0 spiro atoms. The van der Waals surface area contributed by atoms with E-state index < -0.39 is 0 Å². The van der Waals surface area contributed by atoms with Gasteiger partial charge in [0.25, 0.3) is 0 Å². The highest BCUT2D eigenvalue weighted by Crippen LogP contribution is 2.27. The van der Waals surface area contributed by atoms with Crippen molar-refractivity contribution in [3.63, 3.8) is 0 Å². The first-order valence-electron chi connectivity index (χ1n) is 7.96. The molecule has 1 heterocycles. The number of hydrogen-bond donors (Lipinski definition) is 0. The van der Waals surface area contributed by atoms with Crippen LogP contribution in [-0.4, -0.2) is 22.6 Å². The predicted molar refractivity (Wildman–Crippen MR) is 100 cm³/mol. The van der Waals surface area contributed by atoms with Crippen LogP contribution in [0.3, 0.4) is 0 Å². The smallest absolute Gasteiger partial charge is 0.168 e. The maximum atomic E-state index is 4.48. The number of rotatable bonds is 3. The van der Waals surface area contributed by atoms with E-state index in [0.29, 0.717) is 0 Å². The molecule has 0 aliphatic heterocycles. The third-order valence-corrected chi connectivity index (χ3v) is 4.02. The van der Waals surface area contributed by atoms with Crippen LogP contribution in [0.25, 0.3) is 28.5 Å². The first kappa shape index (κ1) is 14.5. The molecule has 0 aliphatic carbocycles. The van der Waals surface area contributed by atoms with Gasteiger partial charge in [-0.25, -0.2) is 0 Å². The molecule has 0 unspecified atom stereocenters. The van der Waals surface area contributed by atoms with Gasteiger partial charge in [-0.2, -0.15) is 0 Å². The summed E-state index contributed by atoms with van der Waals surface area (Å²) in [5.41, 5.74) is 4.39. The topological polar surface area (TPSA) is 30.7 Å². The number of nitrogens with zero attached hydrogens (tertiary/aromatic N) is 3. The Morgan fingerprint density at radius 1 is 0.583 bits per heavy atom. The van der Waals surface area contributed by atoms with Gasteiger partial charge >= 0.3 is 0 Å². The lowest BCUT2D eigenvalue weighted by Gasteiger charge is -2.11. The lowest BCUT2D eigenvalue weighted by molar-refractivity contribution is 1.07. The lowest BCUT2D eigenvalue weighted by Crippen LogP contribution is -2.03. The van der Waals surface area contributed by atoms with E-state index in [1.54, 1.807) is 0 Å². The minimum atomic E-state index is 0.845. The van der Waals surface area contributed by atoms with Crippen LogP contribution in [0.2, 0.25) is 0 Å². The predicted octanol–water partition coefficient (Wildman–Crippen LogP) is 2.86. The van der Waals surface area contributed by atoms with Crippen molar-refractivity contribution in [3.8, 4) is 28.5 Å². The van der Waals surface area contributed by atoms with Gasteiger partial charge in [-0.3, -0.25) is 4.57 Å². The number of benzene rings is 3. The Balaban J connectivity index is 1.95. The molecule has 0 bridgehead atoms. The van der Waals surface area contributed by atoms with Crippen LogP contribution in [0, 0.1) is 0 Å². The van der Waals surface area contributed by atoms with Crippen LogP contribution in [0.15, 0.2) is 84.9 Å². The molecule has 0 saturated carbocycles. The number of hydrogen-bond acceptors (Lipinski definition) is 2. The molecule has 4 heteroatoms. The summed E-state index contributed by atoms with van der Waals surface area (Å²) in [5.74, 6) is 1.69. The largest absolute Gasteiger partial charge is 0.275 e. The Hall–Kier alpha value is -3.14. The van der Waals surface area contributed by atoms with E-state index in [4.69, 9.17) is 0 Å². The lowest BCUT2D eigenvalue weighted by atomic mass is 9.95. The summed E-state index contributed by atoms with van der Waals surface area (Å²) in [6.07, 6.45) is 0. The Morgan fingerprint density at radius 3 is 1.67 bits per heavy atom. The molecule has 0 radical (unpaired) electrons. The van der Waals surface area contributed by atoms with E-state index in [0.717, 1.165) is 28.5 Å². The standard InChI is InChI=1S/C20H16BN3/c21-17-13-11-16(12-14-17)20-23-22-19(15-7-3-1-4-8-15)24(20)18-9-5-2-6-10-18/h1-14H,21H2. The van der Waals surface area contributed by atoms with Crippen molar-refractivity contribution in [2.75, 3.05) is 0 Å². The molecule has 3 nitrogen and oxygen atoms in total. The van der Waals surface area contributed by atoms with E-state index in [9.17, 15) is 0 Å². The van der Waals surface area contributed by atoms with Gasteiger partial charge in [-0.05, 0) is 12.1 Å². The van der Waals surface area contributed by atoms with Gasteiger partial charge in [0.2, 0.25) is 0 Å². The monoisotopic (exact) mass is 309 g/mol. The van der Waals surface area contributed by atoms with Crippen molar-refractivity contribution >= 4 is 13.3 Å². The molecule has 0 aliphatic rings. The van der Waals surface area contributed by atoms with Crippen LogP contribution >= 0.6 is 0 Å². The molecule has 0 saturated heterocycles. The summed E-state index contributed by atoms with van der Waals surface area (Å²) in [5, 5.41) is 8.96. The summed E-state index contributed by atoms with van der Waals surface area (Å²) in [6.45, 7) is 0. The van der Waals surface area contributed by atoms with Crippen LogP contribution in [0.4, 0.5) is 0 Å². The van der Waals surface area contributed by atoms with Crippen molar-refractivity contribution in [1.29, 1.82) is 0 Å². The van der Waals surface area contributed by atoms with E-state index in [1.165, 1.54) is 5.46 Å². The van der Waals surface area contributed by atoms with Gasteiger partial charge in [0, 0.05) is 16.8 Å². The van der Waals surface area contributed by atoms with E-state index in [2.05, 4.69) is 71.1 Å². The van der Waals surface area contributed by atoms with E-state index >= 15 is 0 Å². The van der Waals surface area contributed by atoms with Gasteiger partial charge < -0.3 is 0 Å². The summed E-state index contributed by atoms with van der Waals surface area (Å²) >= 11 is 0. The van der Waals surface area contributed by atoms with Gasteiger partial charge in [0.15, 0.2) is 11.6 Å². The van der Waals surface area contributed by atoms with Crippen molar-refractivity contribution in [2.45, 2.75) is 0 Å². The molecule has 24 heavy (non-hydrogen) atoms. The Bertz CT molecular complexity index is 945. The molecule has 4 aromatic rings. The molecular weight excluding hydrogens is 293 g/mol. The molecule has 4 rings (SSSR count). The van der Waals surface area contributed by atoms with Crippen molar-refractivity contribution in [1.82, 2.24) is 14.8 Å². The third kappa shape index (κ3) is 2.63. The van der Waals surface area contributed by atoms with Crippen LogP contribution in [-0.2, 0) is 0 Å². The zero-order valence-electron chi connectivity index (χ0n) is 13.4. The fraction of sp³-hybridized carbons (Fsp3) is 0. The number of aromatic nitrogens is 3. The maximum Gasteiger partial charge on any atom is 0.168 e. The summed E-state index contributed by atoms with van der Waals surface area (Å²) in [4.78, 5) is 0. The van der Waals surface area contributed by atoms with Crippen molar-refractivity contribution < 1.29 is 0 Å². The van der Waals surface area contributed by atoms with Crippen LogP contribution < -0.4 is 5.46 Å². The zero-order valence-corrected chi connectivity index (χ0v) is 13.4. The first-order chi connectivity index (χ1) is 11.8. The average molecular weight is 309 g/mol. The zero-order chi connectivity index (χ0) is 16.4. The van der Waals surface area contributed by atoms with E-state index in [-0.39, 0.29) is 0 Å². The maximum absolute atomic E-state index is 4.48. The van der Waals surface area contributed by atoms with Gasteiger partial charge in [-0.1, -0.05) is 78.3 Å². The molecule has 0 N–H and O–H groups in total. The third-order valence-electron chi connectivity index (χ3n) is 4.02. The molecule has 1 aromatic heterocycles. The van der Waals surface area contributed by atoms with Crippen LogP contribution in [0.1, 0.15) is 0 Å². The minimum Gasteiger partial charge on any atom is -0.275 e. The Labute approximate surface area is 142 Å². The highest BCUT2D eigenvalue weighted by atomic mass is 15.3. The first-order valence-corrected chi connectivity index (χ1v) is 7.96. The van der Waals surface area contributed by atoms with E-state index in [1.807, 2.05) is 36.4 Å². The van der Waals surface area contributed by atoms with Gasteiger partial charge in [0.1, 0.15) is 7.85 Å². The average Bonchev–Trinajstić information content (AvgIpc) is 3.09. The van der Waals surface area contributed by atoms with Crippen molar-refractivity contribution in [3.05, 3.63) is 84.9 Å². The SMILES string of the molecule is Bc1ccc(-c2nnc(-c3ccccc3)n2-c2ccccc2)cc1. The molecule has 0 atom stereocenters. The fourth-order valence-corrected chi connectivity index (χ4v) is 2.77. The van der Waals surface area contributed by atoms with Gasteiger partial charge in [0.05, 0.1) is 0 Å². The minimum absolute atomic E-state index is 0.845. The molecule has 3 aromatic carbocycles. The van der Waals surface area contributed by atoms with Crippen LogP contribution in [0.5, 0.6) is 0 Å². The Morgan fingerprint density at radius 2 is 1.08 bits per heavy atom. The Kier molecular flexibility index (Phi) is 3.71. The molecular formula is C20H16BN3. The molecule has 0 fully saturated rings. The quantitative estimate of drug-likeness (QED) is 0.545. The normalized spacial score (nSPS) is 10.7. The summed E-state index contributed by atoms with van der Waals surface area (Å²) in [6, 6.07) is 28.8. The second-order valence-electron chi connectivity index (χ2n) is 5.75. The van der Waals surface area contributed by atoms with Gasteiger partial charge in [-0.15, -0.1) is 10.2 Å². The second-order valence-corrected chi connectivity index (χ2v) is 5.75.